The lowest BCUT2D eigenvalue weighted by atomic mass is 10.1. The van der Waals surface area contributed by atoms with Crippen LogP contribution in [-0.4, -0.2) is 11.5 Å². The summed E-state index contributed by atoms with van der Waals surface area (Å²) in [5.74, 6) is 0. The Labute approximate surface area is 110 Å². The average Bonchev–Trinajstić information content (AvgIpc) is 2.83. The van der Waals surface area contributed by atoms with Crippen molar-refractivity contribution in [1.82, 2.24) is 4.98 Å². The van der Waals surface area contributed by atoms with Gasteiger partial charge in [-0.25, -0.2) is 4.98 Å². The maximum absolute atomic E-state index is 5.67. The van der Waals surface area contributed by atoms with Crippen molar-refractivity contribution in [3.8, 4) is 10.6 Å². The largest absolute Gasteiger partial charge is 0.330 e. The van der Waals surface area contributed by atoms with E-state index in [0.717, 1.165) is 16.9 Å². The van der Waals surface area contributed by atoms with Crippen molar-refractivity contribution >= 4 is 21.6 Å². The number of rotatable bonds is 3. The molecule has 0 aliphatic carbocycles. The van der Waals surface area contributed by atoms with Crippen molar-refractivity contribution in [3.63, 3.8) is 0 Å². The molecule has 0 saturated carbocycles. The topological polar surface area (TPSA) is 38.9 Å². The van der Waals surface area contributed by atoms with Crippen LogP contribution >= 0.6 is 11.3 Å². The Bertz CT molecular complexity index is 640. The van der Waals surface area contributed by atoms with Crippen LogP contribution in [0.2, 0.25) is 0 Å². The van der Waals surface area contributed by atoms with Gasteiger partial charge in [0.1, 0.15) is 5.01 Å². The highest BCUT2D eigenvalue weighted by molar-refractivity contribution is 7.21. The molecule has 0 bridgehead atoms. The lowest BCUT2D eigenvalue weighted by molar-refractivity contribution is 0.970. The second-order valence-corrected chi connectivity index (χ2v) is 5.21. The van der Waals surface area contributed by atoms with Crippen LogP contribution in [0.25, 0.3) is 20.8 Å². The number of hydrogen-bond acceptors (Lipinski definition) is 3. The van der Waals surface area contributed by atoms with Gasteiger partial charge in [0.25, 0.3) is 0 Å². The molecule has 0 radical (unpaired) electrons. The number of para-hydroxylation sites is 1. The first-order valence-corrected chi connectivity index (χ1v) is 6.84. The fourth-order valence-corrected chi connectivity index (χ4v) is 3.12. The molecular formula is C15H14N2S. The van der Waals surface area contributed by atoms with Gasteiger partial charge in [-0.2, -0.15) is 0 Å². The van der Waals surface area contributed by atoms with E-state index in [0.29, 0.717) is 6.54 Å². The van der Waals surface area contributed by atoms with Crippen LogP contribution in [0.5, 0.6) is 0 Å². The number of nitrogens with two attached hydrogens (primary N) is 1. The van der Waals surface area contributed by atoms with E-state index in [2.05, 4.69) is 42.5 Å². The lowest BCUT2D eigenvalue weighted by Gasteiger charge is -2.04. The molecule has 90 valence electrons. The predicted molar refractivity (Wildman–Crippen MR) is 77.8 cm³/mol. The first-order valence-electron chi connectivity index (χ1n) is 6.02. The van der Waals surface area contributed by atoms with Crippen molar-refractivity contribution < 1.29 is 0 Å². The van der Waals surface area contributed by atoms with Crippen molar-refractivity contribution in [1.29, 1.82) is 0 Å². The van der Waals surface area contributed by atoms with E-state index in [4.69, 9.17) is 10.7 Å². The van der Waals surface area contributed by atoms with E-state index in [1.165, 1.54) is 15.8 Å². The maximum Gasteiger partial charge on any atom is 0.124 e. The highest BCUT2D eigenvalue weighted by Crippen LogP contribution is 2.32. The van der Waals surface area contributed by atoms with Crippen molar-refractivity contribution in [3.05, 3.63) is 54.1 Å². The Morgan fingerprint density at radius 2 is 1.78 bits per heavy atom. The molecule has 18 heavy (non-hydrogen) atoms. The van der Waals surface area contributed by atoms with Crippen LogP contribution < -0.4 is 5.73 Å². The van der Waals surface area contributed by atoms with Gasteiger partial charge in [0.05, 0.1) is 10.2 Å². The van der Waals surface area contributed by atoms with Crippen LogP contribution in [0.3, 0.4) is 0 Å². The minimum absolute atomic E-state index is 0.669. The third-order valence-electron chi connectivity index (χ3n) is 2.96. The minimum Gasteiger partial charge on any atom is -0.330 e. The SMILES string of the molecule is NCCc1ccccc1-c1nc2ccccc2s1. The summed E-state index contributed by atoms with van der Waals surface area (Å²) in [6.07, 6.45) is 0.895. The molecule has 0 aliphatic rings. The summed E-state index contributed by atoms with van der Waals surface area (Å²) in [7, 11) is 0. The molecule has 0 atom stereocenters. The number of thiazole rings is 1. The molecule has 0 unspecified atom stereocenters. The van der Waals surface area contributed by atoms with Gasteiger partial charge in [0.2, 0.25) is 0 Å². The number of nitrogens with zero attached hydrogens (tertiary/aromatic N) is 1. The molecule has 1 heterocycles. The molecule has 0 fully saturated rings. The second kappa shape index (κ2) is 4.88. The molecule has 0 aliphatic heterocycles. The average molecular weight is 254 g/mol. The van der Waals surface area contributed by atoms with Crippen LogP contribution in [0, 0.1) is 0 Å². The van der Waals surface area contributed by atoms with Crippen molar-refractivity contribution in [2.75, 3.05) is 6.54 Å². The van der Waals surface area contributed by atoms with E-state index in [1.54, 1.807) is 11.3 Å². The van der Waals surface area contributed by atoms with E-state index in [9.17, 15) is 0 Å². The van der Waals surface area contributed by atoms with Crippen LogP contribution in [0.15, 0.2) is 48.5 Å². The highest BCUT2D eigenvalue weighted by atomic mass is 32.1. The standard InChI is InChI=1S/C15H14N2S/c16-10-9-11-5-1-2-6-12(11)15-17-13-7-3-4-8-14(13)18-15/h1-8H,9-10,16H2. The molecule has 0 amide bonds. The van der Waals surface area contributed by atoms with Crippen molar-refractivity contribution in [2.24, 2.45) is 5.73 Å². The number of benzene rings is 2. The van der Waals surface area contributed by atoms with E-state index in [1.807, 2.05) is 6.07 Å². The first-order chi connectivity index (χ1) is 8.88. The second-order valence-electron chi connectivity index (χ2n) is 4.18. The summed E-state index contributed by atoms with van der Waals surface area (Å²) in [6, 6.07) is 16.6. The molecule has 2 nitrogen and oxygen atoms in total. The summed E-state index contributed by atoms with van der Waals surface area (Å²) in [5.41, 5.74) is 9.22. The molecule has 2 N–H and O–H groups in total. The third-order valence-corrected chi connectivity index (χ3v) is 4.03. The van der Waals surface area contributed by atoms with E-state index < -0.39 is 0 Å². The zero-order valence-electron chi connectivity index (χ0n) is 9.97. The third kappa shape index (κ3) is 2.03. The molecule has 3 rings (SSSR count). The fraction of sp³-hybridized carbons (Fsp3) is 0.133. The summed E-state index contributed by atoms with van der Waals surface area (Å²) in [4.78, 5) is 4.70. The first kappa shape index (κ1) is 11.4. The molecule has 3 aromatic rings. The molecule has 3 heteroatoms. The number of hydrogen-bond donors (Lipinski definition) is 1. The zero-order chi connectivity index (χ0) is 12.4. The van der Waals surface area contributed by atoms with Gasteiger partial charge in [-0.15, -0.1) is 11.3 Å². The lowest BCUT2D eigenvalue weighted by Crippen LogP contribution is -2.03. The van der Waals surface area contributed by atoms with Gasteiger partial charge in [0.15, 0.2) is 0 Å². The predicted octanol–water partition coefficient (Wildman–Crippen LogP) is 3.46. The summed E-state index contributed by atoms with van der Waals surface area (Å²) in [5, 5.41) is 1.08. The number of aromatic nitrogens is 1. The summed E-state index contributed by atoms with van der Waals surface area (Å²) < 4.78 is 1.23. The summed E-state index contributed by atoms with van der Waals surface area (Å²) >= 11 is 1.74. The minimum atomic E-state index is 0.669. The smallest absolute Gasteiger partial charge is 0.124 e. The maximum atomic E-state index is 5.67. The summed E-state index contributed by atoms with van der Waals surface area (Å²) in [6.45, 7) is 0.669. The van der Waals surface area contributed by atoms with Gasteiger partial charge in [-0.3, -0.25) is 0 Å². The van der Waals surface area contributed by atoms with E-state index >= 15 is 0 Å². The quantitative estimate of drug-likeness (QED) is 0.777. The van der Waals surface area contributed by atoms with E-state index in [-0.39, 0.29) is 0 Å². The van der Waals surface area contributed by atoms with Crippen LogP contribution in [0.4, 0.5) is 0 Å². The Balaban J connectivity index is 2.13. The molecule has 1 aromatic heterocycles. The van der Waals surface area contributed by atoms with Gasteiger partial charge < -0.3 is 5.73 Å². The monoisotopic (exact) mass is 254 g/mol. The van der Waals surface area contributed by atoms with Gasteiger partial charge in [0, 0.05) is 5.56 Å². The normalized spacial score (nSPS) is 10.9. The molecular weight excluding hydrogens is 240 g/mol. The van der Waals surface area contributed by atoms with Gasteiger partial charge >= 0.3 is 0 Å². The Hall–Kier alpha value is -1.71. The highest BCUT2D eigenvalue weighted by Gasteiger charge is 2.09. The Morgan fingerprint density at radius 1 is 1.00 bits per heavy atom. The fourth-order valence-electron chi connectivity index (χ4n) is 2.09. The van der Waals surface area contributed by atoms with Crippen LogP contribution in [-0.2, 0) is 6.42 Å². The van der Waals surface area contributed by atoms with Gasteiger partial charge in [-0.1, -0.05) is 36.4 Å². The number of fused-ring (bicyclic) bond motifs is 1. The Morgan fingerprint density at radius 3 is 2.61 bits per heavy atom. The molecule has 0 spiro atoms. The Kier molecular flexibility index (Phi) is 3.09. The molecule has 2 aromatic carbocycles. The molecule has 0 saturated heterocycles. The van der Waals surface area contributed by atoms with Crippen LogP contribution in [0.1, 0.15) is 5.56 Å². The van der Waals surface area contributed by atoms with Gasteiger partial charge in [-0.05, 0) is 30.7 Å². The van der Waals surface area contributed by atoms with Crippen molar-refractivity contribution in [2.45, 2.75) is 6.42 Å². The zero-order valence-corrected chi connectivity index (χ0v) is 10.8.